The summed E-state index contributed by atoms with van der Waals surface area (Å²) in [4.78, 5) is 29.7. The number of aliphatic imine (C=N–C) groups is 1. The number of carbonyl (C=O) groups is 2. The first-order valence-electron chi connectivity index (χ1n) is 12.4. The van der Waals surface area contributed by atoms with Crippen molar-refractivity contribution in [3.05, 3.63) is 101 Å². The SMILES string of the molecule is CC(C)(CN)c1cccc(C(=O)NCC(=O)NC2=NC(c3cccc(-c4cc(C#N)cc(C#N)c4)c3)=CC2)c1. The first-order chi connectivity index (χ1) is 18.7. The molecule has 0 radical (unpaired) electrons. The van der Waals surface area contributed by atoms with Gasteiger partial charge in [-0.05, 0) is 53.1 Å². The van der Waals surface area contributed by atoms with Crippen LogP contribution in [-0.4, -0.2) is 30.7 Å². The number of nitrogens with one attached hydrogen (secondary N) is 2. The van der Waals surface area contributed by atoms with Crippen LogP contribution >= 0.6 is 0 Å². The molecule has 39 heavy (non-hydrogen) atoms. The van der Waals surface area contributed by atoms with E-state index in [2.05, 4.69) is 27.8 Å². The number of amidine groups is 1. The van der Waals surface area contributed by atoms with E-state index in [9.17, 15) is 20.1 Å². The molecule has 0 bridgehead atoms. The molecule has 0 atom stereocenters. The van der Waals surface area contributed by atoms with Gasteiger partial charge in [0.25, 0.3) is 5.91 Å². The van der Waals surface area contributed by atoms with E-state index in [-0.39, 0.29) is 23.8 Å². The fourth-order valence-electron chi connectivity index (χ4n) is 4.14. The van der Waals surface area contributed by atoms with E-state index in [0.717, 1.165) is 22.3 Å². The normalized spacial score (nSPS) is 12.5. The lowest BCUT2D eigenvalue weighted by Gasteiger charge is -2.23. The first-order valence-corrected chi connectivity index (χ1v) is 12.4. The van der Waals surface area contributed by atoms with Crippen molar-refractivity contribution in [3.63, 3.8) is 0 Å². The Morgan fingerprint density at radius 3 is 2.33 bits per heavy atom. The molecule has 1 heterocycles. The van der Waals surface area contributed by atoms with Crippen molar-refractivity contribution in [2.24, 2.45) is 10.7 Å². The van der Waals surface area contributed by atoms with E-state index >= 15 is 0 Å². The Balaban J connectivity index is 1.39. The van der Waals surface area contributed by atoms with E-state index in [1.54, 1.807) is 36.4 Å². The van der Waals surface area contributed by atoms with E-state index in [4.69, 9.17) is 5.73 Å². The van der Waals surface area contributed by atoms with Crippen LogP contribution in [0.2, 0.25) is 0 Å². The standard InChI is InChI=1S/C31H28N6O2/c1-31(2,19-34)26-8-4-7-24(15-26)30(39)35-18-29(38)37-28-10-9-27(36-28)23-6-3-5-22(14-23)25-12-20(16-32)11-21(13-25)17-33/h3-9,11-15H,10,18-19,34H2,1-2H3,(H,35,39)(H,36,37,38). The lowest BCUT2D eigenvalue weighted by molar-refractivity contribution is -0.118. The van der Waals surface area contributed by atoms with Crippen LogP contribution in [0.5, 0.6) is 0 Å². The summed E-state index contributed by atoms with van der Waals surface area (Å²) in [6.45, 7) is 4.27. The van der Waals surface area contributed by atoms with Gasteiger partial charge < -0.3 is 16.4 Å². The molecular formula is C31H28N6O2. The fourth-order valence-corrected chi connectivity index (χ4v) is 4.14. The van der Waals surface area contributed by atoms with Crippen LogP contribution < -0.4 is 16.4 Å². The van der Waals surface area contributed by atoms with Crippen LogP contribution in [0.4, 0.5) is 0 Å². The molecule has 1 aliphatic heterocycles. The molecule has 0 fully saturated rings. The molecule has 0 aliphatic carbocycles. The van der Waals surface area contributed by atoms with Crippen molar-refractivity contribution < 1.29 is 9.59 Å². The van der Waals surface area contributed by atoms with Gasteiger partial charge in [0.15, 0.2) is 0 Å². The van der Waals surface area contributed by atoms with Gasteiger partial charge in [-0.1, -0.05) is 50.3 Å². The van der Waals surface area contributed by atoms with Crippen molar-refractivity contribution in [2.45, 2.75) is 25.7 Å². The quantitative estimate of drug-likeness (QED) is 0.434. The van der Waals surface area contributed by atoms with E-state index in [1.807, 2.05) is 50.3 Å². The summed E-state index contributed by atoms with van der Waals surface area (Å²) >= 11 is 0. The molecule has 2 amide bonds. The maximum absolute atomic E-state index is 12.6. The highest BCUT2D eigenvalue weighted by Gasteiger charge is 2.20. The Kier molecular flexibility index (Phi) is 8.00. The molecule has 8 heteroatoms. The number of nitriles is 2. The minimum absolute atomic E-state index is 0.191. The fraction of sp³-hybridized carbons (Fsp3) is 0.194. The zero-order chi connectivity index (χ0) is 28.0. The molecule has 4 N–H and O–H groups in total. The predicted molar refractivity (Wildman–Crippen MR) is 150 cm³/mol. The third-order valence-corrected chi connectivity index (χ3v) is 6.54. The van der Waals surface area contributed by atoms with Gasteiger partial charge in [-0.2, -0.15) is 10.5 Å². The first kappa shape index (κ1) is 27.0. The summed E-state index contributed by atoms with van der Waals surface area (Å²) in [7, 11) is 0. The van der Waals surface area contributed by atoms with Gasteiger partial charge in [-0.15, -0.1) is 0 Å². The van der Waals surface area contributed by atoms with Gasteiger partial charge in [0.2, 0.25) is 5.91 Å². The summed E-state index contributed by atoms with van der Waals surface area (Å²) < 4.78 is 0. The van der Waals surface area contributed by atoms with E-state index in [1.165, 1.54) is 0 Å². The summed E-state index contributed by atoms with van der Waals surface area (Å²) in [6.07, 6.45) is 2.35. The minimum atomic E-state index is -0.374. The molecule has 0 unspecified atom stereocenters. The Morgan fingerprint density at radius 1 is 0.949 bits per heavy atom. The molecule has 8 nitrogen and oxygen atoms in total. The molecule has 3 aromatic rings. The Bertz CT molecular complexity index is 1550. The second kappa shape index (κ2) is 11.6. The van der Waals surface area contributed by atoms with Crippen LogP contribution in [0.25, 0.3) is 16.8 Å². The van der Waals surface area contributed by atoms with Crippen molar-refractivity contribution >= 4 is 23.3 Å². The van der Waals surface area contributed by atoms with Gasteiger partial charge in [-0.3, -0.25) is 9.59 Å². The molecule has 0 saturated carbocycles. The average Bonchev–Trinajstić information content (AvgIpc) is 3.44. The molecule has 0 saturated heterocycles. The number of hydrogen-bond donors (Lipinski definition) is 3. The van der Waals surface area contributed by atoms with E-state index < -0.39 is 0 Å². The zero-order valence-corrected chi connectivity index (χ0v) is 21.8. The summed E-state index contributed by atoms with van der Waals surface area (Å²) in [5.74, 6) is -0.232. The van der Waals surface area contributed by atoms with Crippen molar-refractivity contribution in [1.82, 2.24) is 10.6 Å². The Hall–Kier alpha value is -5.05. The molecule has 0 aromatic heterocycles. The molecule has 1 aliphatic rings. The highest BCUT2D eigenvalue weighted by atomic mass is 16.2. The van der Waals surface area contributed by atoms with E-state index in [0.29, 0.717) is 41.2 Å². The van der Waals surface area contributed by atoms with Crippen molar-refractivity contribution in [2.75, 3.05) is 13.1 Å². The highest BCUT2D eigenvalue weighted by molar-refractivity contribution is 6.05. The predicted octanol–water partition coefficient (Wildman–Crippen LogP) is 4.02. The lowest BCUT2D eigenvalue weighted by atomic mass is 9.84. The maximum atomic E-state index is 12.6. The van der Waals surface area contributed by atoms with Crippen molar-refractivity contribution in [1.29, 1.82) is 10.5 Å². The molecule has 0 spiro atoms. The van der Waals surface area contributed by atoms with Gasteiger partial charge in [0, 0.05) is 29.5 Å². The number of benzene rings is 3. The minimum Gasteiger partial charge on any atom is -0.343 e. The maximum Gasteiger partial charge on any atom is 0.251 e. The second-order valence-corrected chi connectivity index (χ2v) is 9.86. The topological polar surface area (TPSA) is 144 Å². The molecule has 194 valence electrons. The number of carbonyl (C=O) groups excluding carboxylic acids is 2. The van der Waals surface area contributed by atoms with Crippen LogP contribution in [0.3, 0.4) is 0 Å². The summed E-state index contributed by atoms with van der Waals surface area (Å²) in [5, 5.41) is 24.0. The summed E-state index contributed by atoms with van der Waals surface area (Å²) in [5.41, 5.74) is 11.0. The second-order valence-electron chi connectivity index (χ2n) is 9.86. The zero-order valence-electron chi connectivity index (χ0n) is 21.8. The number of nitrogens with zero attached hydrogens (tertiary/aromatic N) is 3. The van der Waals surface area contributed by atoms with Crippen LogP contribution in [0.1, 0.15) is 52.9 Å². The lowest BCUT2D eigenvalue weighted by Crippen LogP contribution is -2.39. The highest BCUT2D eigenvalue weighted by Crippen LogP contribution is 2.28. The van der Waals surface area contributed by atoms with Crippen LogP contribution in [0.15, 0.2) is 77.8 Å². The smallest absolute Gasteiger partial charge is 0.251 e. The molecule has 3 aromatic carbocycles. The Labute approximate surface area is 227 Å². The number of rotatable bonds is 7. The van der Waals surface area contributed by atoms with Crippen molar-refractivity contribution in [3.8, 4) is 23.3 Å². The van der Waals surface area contributed by atoms with Crippen LogP contribution in [0, 0.1) is 22.7 Å². The molecule has 4 rings (SSSR count). The number of amides is 2. The van der Waals surface area contributed by atoms with Gasteiger partial charge in [0.1, 0.15) is 5.84 Å². The van der Waals surface area contributed by atoms with Gasteiger partial charge >= 0.3 is 0 Å². The number of nitrogens with two attached hydrogens (primary N) is 1. The monoisotopic (exact) mass is 516 g/mol. The third kappa shape index (κ3) is 6.45. The average molecular weight is 517 g/mol. The van der Waals surface area contributed by atoms with Gasteiger partial charge in [0.05, 0.1) is 35.5 Å². The van der Waals surface area contributed by atoms with Gasteiger partial charge in [-0.25, -0.2) is 4.99 Å². The van der Waals surface area contributed by atoms with Crippen LogP contribution in [-0.2, 0) is 10.2 Å². The largest absolute Gasteiger partial charge is 0.343 e. The number of hydrogen-bond acceptors (Lipinski definition) is 6. The Morgan fingerprint density at radius 2 is 1.64 bits per heavy atom. The third-order valence-electron chi connectivity index (χ3n) is 6.54. The summed E-state index contributed by atoms with van der Waals surface area (Å²) in [6, 6.07) is 24.0. The molecular weight excluding hydrogens is 488 g/mol.